The number of hydrogen-bond donors (Lipinski definition) is 2. The number of piperidine rings is 1. The minimum absolute atomic E-state index is 0.0181. The lowest BCUT2D eigenvalue weighted by Crippen LogP contribution is -2.49. The third kappa shape index (κ3) is 4.06. The standard InChI is InChI=1S/C23H28N4O3/c1-2-30-22(28)19-15-18(7-8-20(19)24)26-12-10-17(11-13-26)27-14-9-16-5-3-4-6-21(16)25-23(27)29/h3-8,15,17H,2,9-14,24H2,1H3,(H,25,29). The van der Waals surface area contributed by atoms with E-state index >= 15 is 0 Å². The first-order valence-electron chi connectivity index (χ1n) is 10.5. The van der Waals surface area contributed by atoms with Crippen LogP contribution in [-0.2, 0) is 11.2 Å². The van der Waals surface area contributed by atoms with Crippen LogP contribution in [0.1, 0.15) is 35.7 Å². The molecule has 4 rings (SSSR count). The second-order valence-electron chi connectivity index (χ2n) is 7.74. The van der Waals surface area contributed by atoms with Crippen LogP contribution in [0.3, 0.4) is 0 Å². The van der Waals surface area contributed by atoms with Gasteiger partial charge in [-0.2, -0.15) is 0 Å². The van der Waals surface area contributed by atoms with Gasteiger partial charge in [0.25, 0.3) is 0 Å². The fourth-order valence-electron chi connectivity index (χ4n) is 4.30. The number of ether oxygens (including phenoxy) is 1. The van der Waals surface area contributed by atoms with E-state index in [1.54, 1.807) is 13.0 Å². The predicted molar refractivity (Wildman–Crippen MR) is 118 cm³/mol. The summed E-state index contributed by atoms with van der Waals surface area (Å²) in [5.41, 5.74) is 9.84. The number of nitrogen functional groups attached to an aromatic ring is 1. The molecule has 7 nitrogen and oxygen atoms in total. The number of rotatable bonds is 4. The minimum atomic E-state index is -0.396. The third-order valence-electron chi connectivity index (χ3n) is 5.94. The molecule has 3 N–H and O–H groups in total. The Hall–Kier alpha value is -3.22. The van der Waals surface area contributed by atoms with Crippen LogP contribution in [0.2, 0.25) is 0 Å². The lowest BCUT2D eigenvalue weighted by atomic mass is 10.0. The lowest BCUT2D eigenvalue weighted by molar-refractivity contribution is 0.0527. The summed E-state index contributed by atoms with van der Waals surface area (Å²) in [5, 5.41) is 3.06. The molecule has 158 valence electrons. The number of carbonyl (C=O) groups is 2. The van der Waals surface area contributed by atoms with E-state index in [0.29, 0.717) is 17.9 Å². The number of anilines is 3. The van der Waals surface area contributed by atoms with Crippen molar-refractivity contribution in [2.45, 2.75) is 32.2 Å². The summed E-state index contributed by atoms with van der Waals surface area (Å²) in [5.74, 6) is -0.396. The molecule has 0 saturated carbocycles. The van der Waals surface area contributed by atoms with Gasteiger partial charge in [0.2, 0.25) is 0 Å². The zero-order valence-electron chi connectivity index (χ0n) is 17.3. The number of hydrogen-bond acceptors (Lipinski definition) is 5. The lowest BCUT2D eigenvalue weighted by Gasteiger charge is -2.39. The molecule has 2 amide bonds. The first-order valence-corrected chi connectivity index (χ1v) is 10.5. The second-order valence-corrected chi connectivity index (χ2v) is 7.74. The average molecular weight is 409 g/mol. The fourth-order valence-corrected chi connectivity index (χ4v) is 4.30. The highest BCUT2D eigenvalue weighted by Crippen LogP contribution is 2.28. The number of esters is 1. The molecule has 2 aromatic carbocycles. The molecule has 2 aliphatic heterocycles. The number of carbonyl (C=O) groups excluding carboxylic acids is 2. The van der Waals surface area contributed by atoms with Crippen molar-refractivity contribution in [3.8, 4) is 0 Å². The molecule has 0 aliphatic carbocycles. The average Bonchev–Trinajstić information content (AvgIpc) is 2.92. The van der Waals surface area contributed by atoms with E-state index in [4.69, 9.17) is 10.5 Å². The van der Waals surface area contributed by atoms with Crippen molar-refractivity contribution in [1.29, 1.82) is 0 Å². The van der Waals surface area contributed by atoms with Gasteiger partial charge < -0.3 is 25.6 Å². The molecule has 0 radical (unpaired) electrons. The number of nitrogens with one attached hydrogen (secondary N) is 1. The molecule has 0 unspecified atom stereocenters. The van der Waals surface area contributed by atoms with Crippen molar-refractivity contribution in [3.63, 3.8) is 0 Å². The minimum Gasteiger partial charge on any atom is -0.462 e. The maximum absolute atomic E-state index is 12.8. The van der Waals surface area contributed by atoms with E-state index in [-0.39, 0.29) is 12.1 Å². The monoisotopic (exact) mass is 408 g/mol. The number of benzene rings is 2. The maximum Gasteiger partial charge on any atom is 0.340 e. The summed E-state index contributed by atoms with van der Waals surface area (Å²) in [6.07, 6.45) is 2.61. The van der Waals surface area contributed by atoms with Gasteiger partial charge in [-0.25, -0.2) is 9.59 Å². The third-order valence-corrected chi connectivity index (χ3v) is 5.94. The SMILES string of the molecule is CCOC(=O)c1cc(N2CCC(N3CCc4ccccc4NC3=O)CC2)ccc1N. The maximum atomic E-state index is 12.8. The van der Waals surface area contributed by atoms with E-state index in [0.717, 1.165) is 50.3 Å². The van der Waals surface area contributed by atoms with Gasteiger partial charge in [-0.05, 0) is 56.0 Å². The van der Waals surface area contributed by atoms with Crippen LogP contribution in [0, 0.1) is 0 Å². The zero-order chi connectivity index (χ0) is 21.1. The number of urea groups is 1. The smallest absolute Gasteiger partial charge is 0.340 e. The van der Waals surface area contributed by atoms with Crippen LogP contribution in [0.15, 0.2) is 42.5 Å². The summed E-state index contributed by atoms with van der Waals surface area (Å²) >= 11 is 0. The largest absolute Gasteiger partial charge is 0.462 e. The quantitative estimate of drug-likeness (QED) is 0.597. The molecule has 30 heavy (non-hydrogen) atoms. The molecule has 0 aromatic heterocycles. The van der Waals surface area contributed by atoms with E-state index in [1.165, 1.54) is 5.56 Å². The number of amides is 2. The Balaban J connectivity index is 1.41. The summed E-state index contributed by atoms with van der Waals surface area (Å²) < 4.78 is 5.11. The summed E-state index contributed by atoms with van der Waals surface area (Å²) in [6.45, 7) is 4.44. The summed E-state index contributed by atoms with van der Waals surface area (Å²) in [6, 6.07) is 13.7. The van der Waals surface area contributed by atoms with Crippen LogP contribution in [0.25, 0.3) is 0 Å². The first kappa shape index (κ1) is 20.1. The van der Waals surface area contributed by atoms with Gasteiger partial charge in [0.1, 0.15) is 0 Å². The molecule has 2 aliphatic rings. The van der Waals surface area contributed by atoms with Crippen molar-refractivity contribution in [2.24, 2.45) is 0 Å². The number of nitrogens with two attached hydrogens (primary N) is 1. The molecule has 2 heterocycles. The molecular formula is C23H28N4O3. The summed E-state index contributed by atoms with van der Waals surface area (Å²) in [7, 11) is 0. The Kier molecular flexibility index (Phi) is 5.79. The fraction of sp³-hybridized carbons (Fsp3) is 0.391. The van der Waals surface area contributed by atoms with E-state index in [1.807, 2.05) is 35.2 Å². The van der Waals surface area contributed by atoms with E-state index in [2.05, 4.69) is 16.3 Å². The van der Waals surface area contributed by atoms with Crippen molar-refractivity contribution in [1.82, 2.24) is 4.90 Å². The molecule has 0 spiro atoms. The van der Waals surface area contributed by atoms with Crippen LogP contribution >= 0.6 is 0 Å². The van der Waals surface area contributed by atoms with Crippen molar-refractivity contribution in [2.75, 3.05) is 42.2 Å². The van der Waals surface area contributed by atoms with Crippen LogP contribution < -0.4 is 16.0 Å². The highest BCUT2D eigenvalue weighted by molar-refractivity contribution is 5.96. The van der Waals surface area contributed by atoms with Crippen molar-refractivity contribution < 1.29 is 14.3 Å². The second kappa shape index (κ2) is 8.65. The summed E-state index contributed by atoms with van der Waals surface area (Å²) in [4.78, 5) is 29.1. The molecule has 2 aromatic rings. The molecular weight excluding hydrogens is 380 g/mol. The van der Waals surface area contributed by atoms with Crippen LogP contribution in [0.5, 0.6) is 0 Å². The highest BCUT2D eigenvalue weighted by Gasteiger charge is 2.30. The van der Waals surface area contributed by atoms with E-state index in [9.17, 15) is 9.59 Å². The van der Waals surface area contributed by atoms with Gasteiger partial charge in [0.05, 0.1) is 12.2 Å². The highest BCUT2D eigenvalue weighted by atomic mass is 16.5. The van der Waals surface area contributed by atoms with Gasteiger partial charge in [0, 0.05) is 42.7 Å². The van der Waals surface area contributed by atoms with Crippen molar-refractivity contribution in [3.05, 3.63) is 53.6 Å². The van der Waals surface area contributed by atoms with Gasteiger partial charge in [-0.1, -0.05) is 18.2 Å². The van der Waals surface area contributed by atoms with Gasteiger partial charge in [-0.3, -0.25) is 0 Å². The van der Waals surface area contributed by atoms with Gasteiger partial charge >= 0.3 is 12.0 Å². The van der Waals surface area contributed by atoms with Crippen molar-refractivity contribution >= 4 is 29.1 Å². The molecule has 1 fully saturated rings. The predicted octanol–water partition coefficient (Wildman–Crippen LogP) is 3.50. The van der Waals surface area contributed by atoms with Gasteiger partial charge in [0.15, 0.2) is 0 Å². The normalized spacial score (nSPS) is 17.2. The zero-order valence-corrected chi connectivity index (χ0v) is 17.3. The Morgan fingerprint density at radius 1 is 1.17 bits per heavy atom. The molecule has 0 bridgehead atoms. The number of fused-ring (bicyclic) bond motifs is 1. The molecule has 7 heteroatoms. The van der Waals surface area contributed by atoms with Crippen LogP contribution in [0.4, 0.5) is 21.9 Å². The van der Waals surface area contributed by atoms with Gasteiger partial charge in [-0.15, -0.1) is 0 Å². The Morgan fingerprint density at radius 2 is 1.93 bits per heavy atom. The molecule has 0 atom stereocenters. The number of nitrogens with zero attached hydrogens (tertiary/aromatic N) is 2. The Labute approximate surface area is 176 Å². The Morgan fingerprint density at radius 3 is 2.70 bits per heavy atom. The number of para-hydroxylation sites is 1. The van der Waals surface area contributed by atoms with Crippen LogP contribution in [-0.4, -0.2) is 49.2 Å². The first-order chi connectivity index (χ1) is 14.6. The molecule has 1 saturated heterocycles. The topological polar surface area (TPSA) is 87.9 Å². The van der Waals surface area contributed by atoms with E-state index < -0.39 is 5.97 Å². The Bertz CT molecular complexity index is 938.